The molecule has 0 spiro atoms. The van der Waals surface area contributed by atoms with Gasteiger partial charge in [0.2, 0.25) is 16.9 Å². The van der Waals surface area contributed by atoms with Crippen LogP contribution in [0.5, 0.6) is 34.5 Å². The zero-order chi connectivity index (χ0) is 27.1. The van der Waals surface area contributed by atoms with Crippen molar-refractivity contribution in [2.45, 2.75) is 34.1 Å². The molecule has 198 valence electrons. The van der Waals surface area contributed by atoms with Crippen LogP contribution in [0, 0.1) is 0 Å². The van der Waals surface area contributed by atoms with Crippen LogP contribution in [0.15, 0.2) is 70.1 Å². The lowest BCUT2D eigenvalue weighted by Gasteiger charge is -2.16. The normalized spacial score (nSPS) is 10.7. The van der Waals surface area contributed by atoms with Gasteiger partial charge in [-0.3, -0.25) is 4.79 Å². The van der Waals surface area contributed by atoms with Crippen molar-refractivity contribution >= 4 is 16.9 Å². The summed E-state index contributed by atoms with van der Waals surface area (Å²) in [5.74, 6) is 1.45. The molecule has 1 aromatic heterocycles. The lowest BCUT2D eigenvalue weighted by molar-refractivity contribution is 0.0733. The summed E-state index contributed by atoms with van der Waals surface area (Å²) in [6.45, 7) is 8.70. The van der Waals surface area contributed by atoms with Crippen LogP contribution >= 0.6 is 0 Å². The van der Waals surface area contributed by atoms with Crippen LogP contribution in [0.3, 0.4) is 0 Å². The Morgan fingerprint density at radius 3 is 2.13 bits per heavy atom. The Balaban J connectivity index is 1.60. The quantitative estimate of drug-likeness (QED) is 0.163. The standard InChI is InChI=1S/C30H30O8/c1-5-19-11-9-10-12-23(19)38-27-18-36-24-17-21(13-14-22(24)28(27)31)37-30(32)20-15-25(33-6-2)29(35-8-4)26(16-20)34-7-3/h9-18H,5-8H2,1-4H3. The lowest BCUT2D eigenvalue weighted by Crippen LogP contribution is -2.11. The van der Waals surface area contributed by atoms with Crippen molar-refractivity contribution in [3.05, 3.63) is 82.2 Å². The molecule has 38 heavy (non-hydrogen) atoms. The Morgan fingerprint density at radius 1 is 0.789 bits per heavy atom. The maximum Gasteiger partial charge on any atom is 0.343 e. The number of fused-ring (bicyclic) bond motifs is 1. The summed E-state index contributed by atoms with van der Waals surface area (Å²) in [6, 6.07) is 15.2. The van der Waals surface area contributed by atoms with Crippen LogP contribution < -0.4 is 29.1 Å². The minimum Gasteiger partial charge on any atom is -0.490 e. The highest BCUT2D eigenvalue weighted by Gasteiger charge is 2.20. The number of carbonyl (C=O) groups excluding carboxylic acids is 1. The summed E-state index contributed by atoms with van der Waals surface area (Å²) >= 11 is 0. The monoisotopic (exact) mass is 518 g/mol. The maximum atomic E-state index is 13.0. The summed E-state index contributed by atoms with van der Waals surface area (Å²) in [5.41, 5.74) is 1.13. The number of esters is 1. The van der Waals surface area contributed by atoms with Crippen molar-refractivity contribution in [1.29, 1.82) is 0 Å². The smallest absolute Gasteiger partial charge is 0.343 e. The Bertz CT molecular complexity index is 1460. The third-order valence-electron chi connectivity index (χ3n) is 5.64. The van der Waals surface area contributed by atoms with Crippen molar-refractivity contribution in [1.82, 2.24) is 0 Å². The van der Waals surface area contributed by atoms with Gasteiger partial charge in [0, 0.05) is 6.07 Å². The Kier molecular flexibility index (Phi) is 8.53. The molecule has 8 heteroatoms. The molecule has 0 fully saturated rings. The number of aryl methyl sites for hydroxylation is 1. The maximum absolute atomic E-state index is 13.0. The van der Waals surface area contributed by atoms with E-state index in [0.29, 0.717) is 48.2 Å². The average Bonchev–Trinajstić information content (AvgIpc) is 2.92. The van der Waals surface area contributed by atoms with Gasteiger partial charge in [0.25, 0.3) is 0 Å². The number of ether oxygens (including phenoxy) is 5. The van der Waals surface area contributed by atoms with Crippen LogP contribution in [-0.4, -0.2) is 25.8 Å². The van der Waals surface area contributed by atoms with Gasteiger partial charge in [-0.25, -0.2) is 4.79 Å². The van der Waals surface area contributed by atoms with E-state index in [-0.39, 0.29) is 28.1 Å². The molecular formula is C30H30O8. The first-order valence-electron chi connectivity index (χ1n) is 12.6. The van der Waals surface area contributed by atoms with Gasteiger partial charge in [-0.1, -0.05) is 25.1 Å². The predicted octanol–water partition coefficient (Wildman–Crippen LogP) is 6.56. The van der Waals surface area contributed by atoms with E-state index in [1.54, 1.807) is 18.2 Å². The molecule has 0 saturated heterocycles. The van der Waals surface area contributed by atoms with Crippen LogP contribution in [0.25, 0.3) is 11.0 Å². The van der Waals surface area contributed by atoms with E-state index < -0.39 is 5.97 Å². The van der Waals surface area contributed by atoms with Gasteiger partial charge in [-0.05, 0) is 63.1 Å². The molecule has 3 aromatic carbocycles. The summed E-state index contributed by atoms with van der Waals surface area (Å²) in [7, 11) is 0. The number of para-hydroxylation sites is 1. The van der Waals surface area contributed by atoms with Crippen molar-refractivity contribution in [2.75, 3.05) is 19.8 Å². The summed E-state index contributed by atoms with van der Waals surface area (Å²) < 4.78 is 34.2. The molecular weight excluding hydrogens is 488 g/mol. The predicted molar refractivity (Wildman–Crippen MR) is 143 cm³/mol. The zero-order valence-corrected chi connectivity index (χ0v) is 21.9. The van der Waals surface area contributed by atoms with Crippen molar-refractivity contribution in [3.8, 4) is 34.5 Å². The first-order valence-corrected chi connectivity index (χ1v) is 12.6. The Hall–Kier alpha value is -4.46. The van der Waals surface area contributed by atoms with Crippen LogP contribution in [0.2, 0.25) is 0 Å². The summed E-state index contributed by atoms with van der Waals surface area (Å²) in [5, 5.41) is 0.301. The van der Waals surface area contributed by atoms with Crippen molar-refractivity contribution in [2.24, 2.45) is 0 Å². The van der Waals surface area contributed by atoms with E-state index in [9.17, 15) is 9.59 Å². The molecule has 0 aliphatic carbocycles. The molecule has 0 amide bonds. The molecule has 4 aromatic rings. The molecule has 0 unspecified atom stereocenters. The number of carbonyl (C=O) groups is 1. The first-order chi connectivity index (χ1) is 18.5. The van der Waals surface area contributed by atoms with Crippen molar-refractivity contribution < 1.29 is 32.9 Å². The van der Waals surface area contributed by atoms with Gasteiger partial charge in [-0.2, -0.15) is 0 Å². The highest BCUT2D eigenvalue weighted by Crippen LogP contribution is 2.39. The average molecular weight is 519 g/mol. The van der Waals surface area contributed by atoms with Crippen LogP contribution in [-0.2, 0) is 6.42 Å². The highest BCUT2D eigenvalue weighted by atomic mass is 16.5. The largest absolute Gasteiger partial charge is 0.490 e. The van der Waals surface area contributed by atoms with Gasteiger partial charge in [-0.15, -0.1) is 0 Å². The third kappa shape index (κ3) is 5.75. The molecule has 0 saturated carbocycles. The number of hydrogen-bond donors (Lipinski definition) is 0. The molecule has 0 aliphatic heterocycles. The third-order valence-corrected chi connectivity index (χ3v) is 5.64. The van der Waals surface area contributed by atoms with Gasteiger partial charge in [0.15, 0.2) is 11.5 Å². The van der Waals surface area contributed by atoms with E-state index in [2.05, 4.69) is 0 Å². The zero-order valence-electron chi connectivity index (χ0n) is 21.9. The number of benzene rings is 3. The highest BCUT2D eigenvalue weighted by molar-refractivity contribution is 5.93. The minimum absolute atomic E-state index is 0.0736. The van der Waals surface area contributed by atoms with E-state index in [1.807, 2.05) is 45.9 Å². The summed E-state index contributed by atoms with van der Waals surface area (Å²) in [6.07, 6.45) is 2.02. The SMILES string of the molecule is CCOc1cc(C(=O)Oc2ccc3c(=O)c(Oc4ccccc4CC)coc3c2)cc(OCC)c1OCC. The van der Waals surface area contributed by atoms with E-state index in [4.69, 9.17) is 28.1 Å². The Morgan fingerprint density at radius 2 is 1.47 bits per heavy atom. The number of hydrogen-bond acceptors (Lipinski definition) is 8. The molecule has 4 rings (SSSR count). The van der Waals surface area contributed by atoms with Gasteiger partial charge in [0.1, 0.15) is 23.3 Å². The number of rotatable bonds is 11. The fourth-order valence-electron chi connectivity index (χ4n) is 3.91. The molecule has 1 heterocycles. The molecule has 0 bridgehead atoms. The molecule has 0 aliphatic rings. The van der Waals surface area contributed by atoms with E-state index in [0.717, 1.165) is 12.0 Å². The van der Waals surface area contributed by atoms with Gasteiger partial charge < -0.3 is 28.1 Å². The second kappa shape index (κ2) is 12.2. The Labute approximate surface area is 220 Å². The minimum atomic E-state index is -0.632. The molecule has 0 N–H and O–H groups in total. The van der Waals surface area contributed by atoms with E-state index in [1.165, 1.54) is 24.5 Å². The first kappa shape index (κ1) is 26.6. The van der Waals surface area contributed by atoms with Gasteiger partial charge in [0.05, 0.1) is 30.8 Å². The molecule has 0 radical (unpaired) electrons. The van der Waals surface area contributed by atoms with E-state index >= 15 is 0 Å². The second-order valence-corrected chi connectivity index (χ2v) is 8.14. The summed E-state index contributed by atoms with van der Waals surface area (Å²) in [4.78, 5) is 26.1. The molecule has 0 atom stereocenters. The van der Waals surface area contributed by atoms with Crippen LogP contribution in [0.4, 0.5) is 0 Å². The lowest BCUT2D eigenvalue weighted by atomic mass is 10.1. The van der Waals surface area contributed by atoms with Crippen LogP contribution in [0.1, 0.15) is 43.6 Å². The molecule has 8 nitrogen and oxygen atoms in total. The topological polar surface area (TPSA) is 93.4 Å². The second-order valence-electron chi connectivity index (χ2n) is 8.14. The van der Waals surface area contributed by atoms with Gasteiger partial charge >= 0.3 is 5.97 Å². The van der Waals surface area contributed by atoms with Crippen molar-refractivity contribution in [3.63, 3.8) is 0 Å². The fraction of sp³-hybridized carbons (Fsp3) is 0.267. The fourth-order valence-corrected chi connectivity index (χ4v) is 3.91.